The fourth-order valence-corrected chi connectivity index (χ4v) is 2.99. The Morgan fingerprint density at radius 2 is 2.05 bits per heavy atom. The fraction of sp³-hybridized carbons (Fsp3) is 0.400. The number of hydrogen-bond donors (Lipinski definition) is 1. The van der Waals surface area contributed by atoms with Gasteiger partial charge in [0.15, 0.2) is 0 Å². The Hall–Kier alpha value is -1.39. The number of hydrogen-bond acceptors (Lipinski definition) is 4. The summed E-state index contributed by atoms with van der Waals surface area (Å²) < 4.78 is 5.23. The van der Waals surface area contributed by atoms with Crippen LogP contribution in [0.25, 0.3) is 0 Å². The molecule has 0 bridgehead atoms. The third kappa shape index (κ3) is 3.14. The third-order valence-electron chi connectivity index (χ3n) is 3.24. The van der Waals surface area contributed by atoms with Gasteiger partial charge in [-0.25, -0.2) is 4.98 Å². The van der Waals surface area contributed by atoms with Crippen LogP contribution >= 0.6 is 11.3 Å². The summed E-state index contributed by atoms with van der Waals surface area (Å²) in [6.07, 6.45) is 0.0417. The summed E-state index contributed by atoms with van der Waals surface area (Å²) in [4.78, 5) is 5.68. The van der Waals surface area contributed by atoms with Crippen LogP contribution in [0.5, 0.6) is 5.75 Å². The quantitative estimate of drug-likeness (QED) is 0.932. The Morgan fingerprint density at radius 3 is 2.58 bits per heavy atom. The lowest BCUT2D eigenvalue weighted by Gasteiger charge is -2.12. The second-order valence-corrected chi connectivity index (χ2v) is 5.99. The zero-order chi connectivity index (χ0) is 14.0. The molecule has 1 N–H and O–H groups in total. The molecule has 3 nitrogen and oxygen atoms in total. The minimum absolute atomic E-state index is 0.519. The maximum Gasteiger partial charge on any atom is 0.121 e. The molecule has 1 unspecified atom stereocenters. The number of aryl methyl sites for hydroxylation is 3. The predicted octanol–water partition coefficient (Wildman–Crippen LogP) is 3.35. The zero-order valence-corrected chi connectivity index (χ0v) is 12.5. The molecule has 19 heavy (non-hydrogen) atoms. The first-order valence-corrected chi connectivity index (χ1v) is 7.08. The normalized spacial score (nSPS) is 12.5. The van der Waals surface area contributed by atoms with E-state index in [2.05, 4.69) is 11.9 Å². The van der Waals surface area contributed by atoms with Gasteiger partial charge in [0.1, 0.15) is 5.75 Å². The van der Waals surface area contributed by atoms with Crippen LogP contribution in [-0.4, -0.2) is 17.2 Å². The van der Waals surface area contributed by atoms with E-state index in [1.54, 1.807) is 18.4 Å². The van der Waals surface area contributed by atoms with Crippen LogP contribution in [0, 0.1) is 20.8 Å². The molecule has 1 aromatic heterocycles. The van der Waals surface area contributed by atoms with E-state index in [-0.39, 0.29) is 0 Å². The van der Waals surface area contributed by atoms with E-state index in [0.29, 0.717) is 6.42 Å². The lowest BCUT2D eigenvalue weighted by molar-refractivity contribution is 0.178. The van der Waals surface area contributed by atoms with E-state index < -0.39 is 6.10 Å². The molecule has 0 fully saturated rings. The summed E-state index contributed by atoms with van der Waals surface area (Å²) in [7, 11) is 1.65. The van der Waals surface area contributed by atoms with Gasteiger partial charge in [0.25, 0.3) is 0 Å². The van der Waals surface area contributed by atoms with Gasteiger partial charge in [-0.3, -0.25) is 0 Å². The molecule has 0 aliphatic carbocycles. The molecule has 1 aromatic carbocycles. The first-order chi connectivity index (χ1) is 9.01. The molecular formula is C15H19NO2S. The van der Waals surface area contributed by atoms with Crippen molar-refractivity contribution in [3.05, 3.63) is 44.9 Å². The van der Waals surface area contributed by atoms with E-state index in [4.69, 9.17) is 4.74 Å². The molecule has 2 aromatic rings. The number of benzene rings is 1. The highest BCUT2D eigenvalue weighted by molar-refractivity contribution is 7.11. The number of ether oxygens (including phenoxy) is 1. The van der Waals surface area contributed by atoms with Crippen molar-refractivity contribution < 1.29 is 9.84 Å². The Labute approximate surface area is 117 Å². The largest absolute Gasteiger partial charge is 0.496 e. The van der Waals surface area contributed by atoms with Crippen LogP contribution in [-0.2, 0) is 6.42 Å². The average molecular weight is 277 g/mol. The van der Waals surface area contributed by atoms with Crippen LogP contribution in [0.1, 0.15) is 32.8 Å². The van der Waals surface area contributed by atoms with Crippen molar-refractivity contribution in [1.82, 2.24) is 4.98 Å². The Kier molecular flexibility index (Phi) is 4.22. The zero-order valence-electron chi connectivity index (χ0n) is 11.7. The summed E-state index contributed by atoms with van der Waals surface area (Å²) in [5, 5.41) is 11.3. The first kappa shape index (κ1) is 14.0. The van der Waals surface area contributed by atoms with Crippen molar-refractivity contribution in [3.63, 3.8) is 0 Å². The molecule has 0 spiro atoms. The summed E-state index contributed by atoms with van der Waals surface area (Å²) >= 11 is 1.65. The van der Waals surface area contributed by atoms with Crippen molar-refractivity contribution in [2.75, 3.05) is 7.11 Å². The topological polar surface area (TPSA) is 42.4 Å². The Bertz CT molecular complexity index is 558. The van der Waals surface area contributed by atoms with Crippen LogP contribution in [0.3, 0.4) is 0 Å². The lowest BCUT2D eigenvalue weighted by atomic mass is 10.0. The number of aliphatic hydroxyl groups is 1. The van der Waals surface area contributed by atoms with Crippen LogP contribution in [0.4, 0.5) is 0 Å². The summed E-state index contributed by atoms with van der Waals surface area (Å²) in [5.41, 5.74) is 2.99. The summed E-state index contributed by atoms with van der Waals surface area (Å²) in [6.45, 7) is 6.03. The molecule has 0 saturated carbocycles. The molecule has 1 heterocycles. The molecule has 102 valence electrons. The lowest BCUT2D eigenvalue weighted by Crippen LogP contribution is -2.02. The fourth-order valence-electron chi connectivity index (χ4n) is 2.02. The average Bonchev–Trinajstić information content (AvgIpc) is 2.68. The van der Waals surface area contributed by atoms with Crippen molar-refractivity contribution in [2.45, 2.75) is 33.3 Å². The molecule has 4 heteroatoms. The number of thiazole rings is 1. The van der Waals surface area contributed by atoms with Gasteiger partial charge >= 0.3 is 0 Å². The van der Waals surface area contributed by atoms with E-state index in [0.717, 1.165) is 27.6 Å². The van der Waals surface area contributed by atoms with Gasteiger partial charge in [-0.2, -0.15) is 0 Å². The summed E-state index contributed by atoms with van der Waals surface area (Å²) in [6, 6.07) is 5.77. The maximum atomic E-state index is 10.3. The number of aromatic nitrogens is 1. The third-order valence-corrected chi connectivity index (χ3v) is 4.34. The molecule has 0 aliphatic heterocycles. The van der Waals surface area contributed by atoms with Crippen molar-refractivity contribution >= 4 is 11.3 Å². The van der Waals surface area contributed by atoms with Crippen molar-refractivity contribution in [3.8, 4) is 5.75 Å². The highest BCUT2D eigenvalue weighted by atomic mass is 32.1. The number of methoxy groups -OCH3 is 1. The smallest absolute Gasteiger partial charge is 0.121 e. The van der Waals surface area contributed by atoms with Gasteiger partial charge in [-0.15, -0.1) is 11.3 Å². The van der Waals surface area contributed by atoms with Crippen LogP contribution in [0.2, 0.25) is 0 Å². The van der Waals surface area contributed by atoms with E-state index in [9.17, 15) is 5.11 Å². The van der Waals surface area contributed by atoms with Gasteiger partial charge < -0.3 is 9.84 Å². The second-order valence-electron chi connectivity index (χ2n) is 4.70. The monoisotopic (exact) mass is 277 g/mol. The molecule has 0 amide bonds. The first-order valence-electron chi connectivity index (χ1n) is 6.26. The second kappa shape index (κ2) is 5.72. The Morgan fingerprint density at radius 1 is 1.32 bits per heavy atom. The molecular weight excluding hydrogens is 258 g/mol. The van der Waals surface area contributed by atoms with Crippen molar-refractivity contribution in [1.29, 1.82) is 0 Å². The highest BCUT2D eigenvalue weighted by Crippen LogP contribution is 2.26. The number of rotatable bonds is 4. The van der Waals surface area contributed by atoms with Gasteiger partial charge in [0.2, 0.25) is 0 Å². The Balaban J connectivity index is 2.15. The number of aliphatic hydroxyl groups excluding tert-OH is 1. The van der Waals surface area contributed by atoms with Crippen molar-refractivity contribution in [2.24, 2.45) is 0 Å². The van der Waals surface area contributed by atoms with Crippen LogP contribution < -0.4 is 4.74 Å². The molecule has 0 radical (unpaired) electrons. The van der Waals surface area contributed by atoms with Gasteiger partial charge in [0, 0.05) is 11.3 Å². The van der Waals surface area contributed by atoms with Gasteiger partial charge in [0.05, 0.1) is 23.9 Å². The molecule has 2 rings (SSSR count). The molecule has 0 saturated heterocycles. The maximum absolute atomic E-state index is 10.3. The highest BCUT2D eigenvalue weighted by Gasteiger charge is 2.13. The molecule has 0 aliphatic rings. The minimum Gasteiger partial charge on any atom is -0.496 e. The summed E-state index contributed by atoms with van der Waals surface area (Å²) in [5.74, 6) is 0.844. The van der Waals surface area contributed by atoms with Gasteiger partial charge in [-0.05, 0) is 44.0 Å². The van der Waals surface area contributed by atoms with E-state index in [1.165, 1.54) is 4.88 Å². The SMILES string of the molecule is COc1ccc(C(O)Cc2nc(C)c(C)s2)cc1C. The number of nitrogens with zero attached hydrogens (tertiary/aromatic N) is 1. The minimum atomic E-state index is -0.519. The molecule has 1 atom stereocenters. The van der Waals surface area contributed by atoms with Gasteiger partial charge in [-0.1, -0.05) is 6.07 Å². The van der Waals surface area contributed by atoms with E-state index >= 15 is 0 Å². The predicted molar refractivity (Wildman–Crippen MR) is 78.0 cm³/mol. The standard InChI is InChI=1S/C15H19NO2S/c1-9-7-12(5-6-14(9)18-4)13(17)8-15-16-10(2)11(3)19-15/h5-7,13,17H,8H2,1-4H3. The van der Waals surface area contributed by atoms with Crippen LogP contribution in [0.15, 0.2) is 18.2 Å². The van der Waals surface area contributed by atoms with E-state index in [1.807, 2.05) is 32.0 Å².